The fraction of sp³-hybridized carbons (Fsp3) is 0.875. The van der Waals surface area contributed by atoms with E-state index in [4.69, 9.17) is 0 Å². The van der Waals surface area contributed by atoms with Crippen molar-refractivity contribution in [3.8, 4) is 0 Å². The second-order valence-electron chi connectivity index (χ2n) is 10.2. The Balaban J connectivity index is 3.08. The zero-order chi connectivity index (χ0) is 23.9. The van der Waals surface area contributed by atoms with E-state index < -0.39 is 0 Å². The molecule has 0 saturated heterocycles. The monoisotopic (exact) mass is 461 g/mol. The van der Waals surface area contributed by atoms with Gasteiger partial charge in [-0.15, -0.1) is 0 Å². The van der Waals surface area contributed by atoms with Crippen LogP contribution in [0.4, 0.5) is 0 Å². The van der Waals surface area contributed by atoms with Crippen LogP contribution in [0.1, 0.15) is 168 Å². The smallest absolute Gasteiger partial charge is 0.00489 e. The quantitative estimate of drug-likeness (QED) is 0.0902. The van der Waals surface area contributed by atoms with Crippen molar-refractivity contribution in [1.82, 2.24) is 5.32 Å². The van der Waals surface area contributed by atoms with Crippen LogP contribution in [0.2, 0.25) is 0 Å². The van der Waals surface area contributed by atoms with Crippen molar-refractivity contribution in [3.63, 3.8) is 0 Å². The lowest BCUT2D eigenvalue weighted by Gasteiger charge is -2.05. The van der Waals surface area contributed by atoms with Crippen LogP contribution in [0.15, 0.2) is 24.3 Å². The Kier molecular flexibility index (Phi) is 30.9. The molecule has 0 rings (SSSR count). The molecule has 0 aromatic heterocycles. The summed E-state index contributed by atoms with van der Waals surface area (Å²) >= 11 is 0. The van der Waals surface area contributed by atoms with Crippen molar-refractivity contribution in [3.05, 3.63) is 24.3 Å². The van der Waals surface area contributed by atoms with Gasteiger partial charge in [0, 0.05) is 0 Å². The van der Waals surface area contributed by atoms with Gasteiger partial charge in [0.05, 0.1) is 0 Å². The van der Waals surface area contributed by atoms with Crippen LogP contribution in [0.3, 0.4) is 0 Å². The molecule has 0 aliphatic heterocycles. The minimum Gasteiger partial charge on any atom is -0.317 e. The van der Waals surface area contributed by atoms with Gasteiger partial charge in [-0.3, -0.25) is 0 Å². The number of hydrogen-bond donors (Lipinski definition) is 1. The highest BCUT2D eigenvalue weighted by Gasteiger charge is 1.94. The predicted octanol–water partition coefficient (Wildman–Crippen LogP) is 11.1. The number of allylic oxidation sites excluding steroid dienone is 4. The maximum absolute atomic E-state index is 3.65. The topological polar surface area (TPSA) is 12.0 Å². The molecular weight excluding hydrogens is 398 g/mol. The molecule has 1 N–H and O–H groups in total. The van der Waals surface area contributed by atoms with Gasteiger partial charge in [0.2, 0.25) is 0 Å². The molecule has 0 heterocycles. The number of nitrogens with one attached hydrogen (secondary N) is 1. The third-order valence-electron chi connectivity index (χ3n) is 6.73. The molecule has 0 aromatic rings. The molecule has 0 aliphatic rings. The van der Waals surface area contributed by atoms with Gasteiger partial charge in [0.15, 0.2) is 0 Å². The van der Waals surface area contributed by atoms with E-state index in [0.717, 1.165) is 0 Å². The summed E-state index contributed by atoms with van der Waals surface area (Å²) in [5, 5.41) is 3.65. The average Bonchev–Trinajstić information content (AvgIpc) is 2.83. The summed E-state index contributed by atoms with van der Waals surface area (Å²) in [4.78, 5) is 0. The Morgan fingerprint density at radius 1 is 0.333 bits per heavy atom. The molecule has 0 unspecified atom stereocenters. The van der Waals surface area contributed by atoms with Gasteiger partial charge >= 0.3 is 0 Å². The summed E-state index contributed by atoms with van der Waals surface area (Å²) in [7, 11) is 0. The number of rotatable bonds is 28. The zero-order valence-corrected chi connectivity index (χ0v) is 23.2. The van der Waals surface area contributed by atoms with Gasteiger partial charge in [0.1, 0.15) is 0 Å². The van der Waals surface area contributed by atoms with Crippen LogP contribution < -0.4 is 5.32 Å². The summed E-state index contributed by atoms with van der Waals surface area (Å²) < 4.78 is 0. The summed E-state index contributed by atoms with van der Waals surface area (Å²) in [5.74, 6) is 0. The van der Waals surface area contributed by atoms with E-state index in [9.17, 15) is 0 Å². The lowest BCUT2D eigenvalue weighted by Crippen LogP contribution is -2.16. The normalized spacial score (nSPS) is 11.9. The Morgan fingerprint density at radius 3 is 0.939 bits per heavy atom. The van der Waals surface area contributed by atoms with E-state index in [1.807, 2.05) is 0 Å². The van der Waals surface area contributed by atoms with Crippen molar-refractivity contribution in [2.24, 2.45) is 0 Å². The lowest BCUT2D eigenvalue weighted by molar-refractivity contribution is 0.539. The second kappa shape index (κ2) is 31.4. The predicted molar refractivity (Wildman–Crippen MR) is 153 cm³/mol. The van der Waals surface area contributed by atoms with Gasteiger partial charge in [0.25, 0.3) is 0 Å². The van der Waals surface area contributed by atoms with Crippen LogP contribution in [-0.2, 0) is 0 Å². The molecule has 1 nitrogen and oxygen atoms in total. The summed E-state index contributed by atoms with van der Waals surface area (Å²) in [6.45, 7) is 7.02. The second-order valence-corrected chi connectivity index (χ2v) is 10.2. The first-order valence-electron chi connectivity index (χ1n) is 15.4. The molecule has 33 heavy (non-hydrogen) atoms. The molecule has 0 bridgehead atoms. The zero-order valence-electron chi connectivity index (χ0n) is 23.2. The molecule has 0 aliphatic carbocycles. The highest BCUT2D eigenvalue weighted by atomic mass is 14.8. The maximum atomic E-state index is 3.65. The molecule has 0 amide bonds. The Labute approximate surface area is 210 Å². The van der Waals surface area contributed by atoms with Crippen molar-refractivity contribution in [1.29, 1.82) is 0 Å². The first kappa shape index (κ1) is 32.4. The number of unbranched alkanes of at least 4 members (excludes halogenated alkanes) is 20. The largest absolute Gasteiger partial charge is 0.317 e. The first-order valence-corrected chi connectivity index (χ1v) is 15.4. The summed E-state index contributed by atoms with van der Waals surface area (Å²) in [6, 6.07) is 0. The molecule has 0 radical (unpaired) electrons. The van der Waals surface area contributed by atoms with Gasteiger partial charge in [-0.2, -0.15) is 0 Å². The van der Waals surface area contributed by atoms with Crippen molar-refractivity contribution < 1.29 is 0 Å². The summed E-state index contributed by atoms with van der Waals surface area (Å²) in [5.41, 5.74) is 0. The number of hydrogen-bond acceptors (Lipinski definition) is 1. The SMILES string of the molecule is CCCCCCC=CCCCCCCCCNCCCCCCCCC=CCCCCCC. The van der Waals surface area contributed by atoms with E-state index in [1.54, 1.807) is 0 Å². The molecule has 0 fully saturated rings. The molecule has 0 saturated carbocycles. The molecular formula is C32H63N. The van der Waals surface area contributed by atoms with Crippen molar-refractivity contribution in [2.45, 2.75) is 168 Å². The first-order chi connectivity index (χ1) is 16.4. The van der Waals surface area contributed by atoms with Gasteiger partial charge in [-0.1, -0.05) is 128 Å². The average molecular weight is 462 g/mol. The van der Waals surface area contributed by atoms with Crippen molar-refractivity contribution in [2.75, 3.05) is 13.1 Å². The standard InChI is InChI=1S/C32H63N/c1-3-5-7-9-11-13-15-17-19-21-23-25-27-29-31-33-32-30-28-26-24-22-20-18-16-14-12-10-8-6-4-2/h13-16,33H,3-12,17-32H2,1-2H3. The van der Waals surface area contributed by atoms with E-state index in [-0.39, 0.29) is 0 Å². The fourth-order valence-corrected chi connectivity index (χ4v) is 4.41. The van der Waals surface area contributed by atoms with Crippen molar-refractivity contribution >= 4 is 0 Å². The highest BCUT2D eigenvalue weighted by Crippen LogP contribution is 2.10. The summed E-state index contributed by atoms with van der Waals surface area (Å²) in [6.07, 6.45) is 42.8. The molecule has 1 heteroatoms. The van der Waals surface area contributed by atoms with E-state index in [2.05, 4.69) is 43.5 Å². The van der Waals surface area contributed by atoms with Crippen LogP contribution in [0, 0.1) is 0 Å². The van der Waals surface area contributed by atoms with Crippen LogP contribution in [0.25, 0.3) is 0 Å². The van der Waals surface area contributed by atoms with Crippen LogP contribution in [0.5, 0.6) is 0 Å². The minimum absolute atomic E-state index is 1.23. The van der Waals surface area contributed by atoms with E-state index in [1.165, 1.54) is 167 Å². The van der Waals surface area contributed by atoms with Gasteiger partial charge in [-0.25, -0.2) is 0 Å². The lowest BCUT2D eigenvalue weighted by atomic mass is 10.1. The molecule has 196 valence electrons. The Hall–Kier alpha value is -0.560. The third kappa shape index (κ3) is 31.4. The fourth-order valence-electron chi connectivity index (χ4n) is 4.41. The maximum Gasteiger partial charge on any atom is -0.00489 e. The third-order valence-corrected chi connectivity index (χ3v) is 6.73. The van der Waals surface area contributed by atoms with Gasteiger partial charge < -0.3 is 5.32 Å². The van der Waals surface area contributed by atoms with E-state index in [0.29, 0.717) is 0 Å². The van der Waals surface area contributed by atoms with E-state index >= 15 is 0 Å². The van der Waals surface area contributed by atoms with Crippen LogP contribution >= 0.6 is 0 Å². The van der Waals surface area contributed by atoms with Crippen LogP contribution in [-0.4, -0.2) is 13.1 Å². The Morgan fingerprint density at radius 2 is 0.606 bits per heavy atom. The Bertz CT molecular complexity index is 348. The molecule has 0 spiro atoms. The highest BCUT2D eigenvalue weighted by molar-refractivity contribution is 4.81. The molecule has 0 atom stereocenters. The minimum atomic E-state index is 1.23. The molecule has 0 aromatic carbocycles. The van der Waals surface area contributed by atoms with Gasteiger partial charge in [-0.05, 0) is 77.3 Å².